The average molecular weight is 301 g/mol. The summed E-state index contributed by atoms with van der Waals surface area (Å²) in [5.74, 6) is 1.77. The summed E-state index contributed by atoms with van der Waals surface area (Å²) >= 11 is 1.69. The number of anilines is 1. The molecule has 1 N–H and O–H groups in total. The summed E-state index contributed by atoms with van der Waals surface area (Å²) in [5, 5.41) is 4.20. The van der Waals surface area contributed by atoms with E-state index in [2.05, 4.69) is 69.2 Å². The van der Waals surface area contributed by atoms with Gasteiger partial charge in [0.15, 0.2) is 0 Å². The van der Waals surface area contributed by atoms with E-state index in [1.807, 2.05) is 7.05 Å². The van der Waals surface area contributed by atoms with Gasteiger partial charge in [-0.3, -0.25) is 0 Å². The van der Waals surface area contributed by atoms with Crippen LogP contribution in [0.15, 0.2) is 34.2 Å². The molecule has 112 valence electrons. The molecule has 4 heteroatoms. The van der Waals surface area contributed by atoms with Crippen LogP contribution in [-0.4, -0.2) is 17.0 Å². The molecule has 0 spiro atoms. The van der Waals surface area contributed by atoms with Crippen molar-refractivity contribution in [1.29, 1.82) is 0 Å². The number of hydrogen-bond acceptors (Lipinski definition) is 4. The van der Waals surface area contributed by atoms with Crippen molar-refractivity contribution in [2.75, 3.05) is 12.4 Å². The van der Waals surface area contributed by atoms with Crippen molar-refractivity contribution in [1.82, 2.24) is 9.97 Å². The van der Waals surface area contributed by atoms with Gasteiger partial charge in [-0.25, -0.2) is 9.97 Å². The Balaban J connectivity index is 2.44. The van der Waals surface area contributed by atoms with Crippen molar-refractivity contribution in [3.63, 3.8) is 0 Å². The zero-order valence-corrected chi connectivity index (χ0v) is 14.4. The minimum atomic E-state index is -0.0676. The molecule has 0 fully saturated rings. The molecule has 1 aromatic heterocycles. The van der Waals surface area contributed by atoms with Gasteiger partial charge in [-0.15, -0.1) is 0 Å². The summed E-state index contributed by atoms with van der Waals surface area (Å²) in [6.45, 7) is 10.6. The fourth-order valence-electron chi connectivity index (χ4n) is 1.89. The van der Waals surface area contributed by atoms with Crippen molar-refractivity contribution in [3.05, 3.63) is 41.2 Å². The third-order valence-electron chi connectivity index (χ3n) is 3.24. The minimum absolute atomic E-state index is 0.0676. The minimum Gasteiger partial charge on any atom is -0.373 e. The normalized spacial score (nSPS) is 11.5. The molecule has 0 bridgehead atoms. The topological polar surface area (TPSA) is 37.8 Å². The van der Waals surface area contributed by atoms with Crippen molar-refractivity contribution in [3.8, 4) is 0 Å². The van der Waals surface area contributed by atoms with Crippen LogP contribution in [0.3, 0.4) is 0 Å². The molecule has 0 aliphatic heterocycles. The van der Waals surface area contributed by atoms with Crippen LogP contribution in [0, 0.1) is 13.8 Å². The Labute approximate surface area is 131 Å². The second kappa shape index (κ2) is 6.06. The van der Waals surface area contributed by atoms with Gasteiger partial charge in [-0.2, -0.15) is 0 Å². The summed E-state index contributed by atoms with van der Waals surface area (Å²) in [4.78, 5) is 10.6. The van der Waals surface area contributed by atoms with Crippen LogP contribution in [-0.2, 0) is 5.41 Å². The fourth-order valence-corrected chi connectivity index (χ4v) is 2.77. The van der Waals surface area contributed by atoms with Crippen molar-refractivity contribution < 1.29 is 0 Å². The number of aromatic nitrogens is 2. The van der Waals surface area contributed by atoms with E-state index in [4.69, 9.17) is 4.98 Å². The van der Waals surface area contributed by atoms with Crippen molar-refractivity contribution in [2.24, 2.45) is 0 Å². The fraction of sp³-hybridized carbons (Fsp3) is 0.412. The number of rotatable bonds is 3. The van der Waals surface area contributed by atoms with Crippen LogP contribution in [0.5, 0.6) is 0 Å². The lowest BCUT2D eigenvalue weighted by Crippen LogP contribution is -2.18. The highest BCUT2D eigenvalue weighted by atomic mass is 32.2. The van der Waals surface area contributed by atoms with Crippen LogP contribution >= 0.6 is 11.8 Å². The predicted molar refractivity (Wildman–Crippen MR) is 90.3 cm³/mol. The summed E-state index contributed by atoms with van der Waals surface area (Å²) in [5.41, 5.74) is 2.29. The monoisotopic (exact) mass is 301 g/mol. The number of aryl methyl sites for hydroxylation is 1. The molecule has 1 heterocycles. The summed E-state index contributed by atoms with van der Waals surface area (Å²) in [6, 6.07) is 8.53. The predicted octanol–water partition coefficient (Wildman–Crippen LogP) is 4.58. The molecule has 0 aliphatic rings. The first-order chi connectivity index (χ1) is 9.81. The van der Waals surface area contributed by atoms with Gasteiger partial charge in [0.05, 0.1) is 0 Å². The zero-order valence-electron chi connectivity index (χ0n) is 13.6. The molecule has 21 heavy (non-hydrogen) atoms. The molecule has 0 unspecified atom stereocenters. The Morgan fingerprint density at radius 2 is 1.62 bits per heavy atom. The van der Waals surface area contributed by atoms with Crippen LogP contribution < -0.4 is 5.32 Å². The highest BCUT2D eigenvalue weighted by Gasteiger charge is 2.21. The number of hydrogen-bond donors (Lipinski definition) is 1. The van der Waals surface area contributed by atoms with E-state index in [1.165, 1.54) is 10.5 Å². The molecule has 0 amide bonds. The summed E-state index contributed by atoms with van der Waals surface area (Å²) in [7, 11) is 1.90. The molecule has 3 nitrogen and oxygen atoms in total. The second-order valence-electron chi connectivity index (χ2n) is 6.24. The van der Waals surface area contributed by atoms with Gasteiger partial charge in [0.25, 0.3) is 0 Å². The lowest BCUT2D eigenvalue weighted by molar-refractivity contribution is 0.538. The van der Waals surface area contributed by atoms with Gasteiger partial charge in [0.2, 0.25) is 0 Å². The Morgan fingerprint density at radius 1 is 1.00 bits per heavy atom. The van der Waals surface area contributed by atoms with E-state index >= 15 is 0 Å². The van der Waals surface area contributed by atoms with Crippen molar-refractivity contribution >= 4 is 17.6 Å². The largest absolute Gasteiger partial charge is 0.373 e. The molecule has 0 atom stereocenters. The number of benzene rings is 1. The van der Waals surface area contributed by atoms with Crippen LogP contribution in [0.4, 0.5) is 5.82 Å². The Hall–Kier alpha value is -1.55. The summed E-state index contributed by atoms with van der Waals surface area (Å²) in [6.07, 6.45) is 0. The standard InChI is InChI=1S/C17H23N3S/c1-11-7-9-13(10-8-11)21-15-12(2)14(18-6)19-16(20-15)17(3,4)5/h7-10H,1-6H3,(H,18,19,20). The van der Waals surface area contributed by atoms with Crippen LogP contribution in [0.1, 0.15) is 37.7 Å². The third kappa shape index (κ3) is 3.76. The van der Waals surface area contributed by atoms with Gasteiger partial charge in [-0.1, -0.05) is 50.2 Å². The SMILES string of the molecule is CNc1nc(C(C)(C)C)nc(Sc2ccc(C)cc2)c1C. The first-order valence-corrected chi connectivity index (χ1v) is 7.94. The third-order valence-corrected chi connectivity index (χ3v) is 4.34. The molecule has 0 saturated heterocycles. The smallest absolute Gasteiger partial charge is 0.137 e. The lowest BCUT2D eigenvalue weighted by Gasteiger charge is -2.20. The van der Waals surface area contributed by atoms with Crippen LogP contribution in [0.25, 0.3) is 0 Å². The molecular weight excluding hydrogens is 278 g/mol. The summed E-state index contributed by atoms with van der Waals surface area (Å²) < 4.78 is 0. The highest BCUT2D eigenvalue weighted by molar-refractivity contribution is 7.99. The van der Waals surface area contributed by atoms with Crippen LogP contribution in [0.2, 0.25) is 0 Å². The van der Waals surface area contributed by atoms with Gasteiger partial charge in [-0.05, 0) is 26.0 Å². The second-order valence-corrected chi connectivity index (χ2v) is 7.30. The Bertz CT molecular complexity index is 628. The maximum atomic E-state index is 4.78. The van der Waals surface area contributed by atoms with Crippen molar-refractivity contribution in [2.45, 2.75) is 50.0 Å². The van der Waals surface area contributed by atoms with E-state index < -0.39 is 0 Å². The highest BCUT2D eigenvalue weighted by Crippen LogP contribution is 2.33. The molecule has 2 aromatic rings. The van der Waals surface area contributed by atoms with E-state index in [-0.39, 0.29) is 5.41 Å². The van der Waals surface area contributed by atoms with E-state index in [1.54, 1.807) is 11.8 Å². The molecule has 0 saturated carbocycles. The van der Waals surface area contributed by atoms with E-state index in [0.717, 1.165) is 22.2 Å². The number of nitrogens with one attached hydrogen (secondary N) is 1. The van der Waals surface area contributed by atoms with Gasteiger partial charge in [0, 0.05) is 22.9 Å². The van der Waals surface area contributed by atoms with Gasteiger partial charge >= 0.3 is 0 Å². The zero-order chi connectivity index (χ0) is 15.6. The molecule has 1 aromatic carbocycles. The number of nitrogens with zero attached hydrogens (tertiary/aromatic N) is 2. The van der Waals surface area contributed by atoms with E-state index in [9.17, 15) is 0 Å². The molecular formula is C17H23N3S. The maximum absolute atomic E-state index is 4.78. The first-order valence-electron chi connectivity index (χ1n) is 7.12. The average Bonchev–Trinajstić information content (AvgIpc) is 2.42. The quantitative estimate of drug-likeness (QED) is 0.842. The van der Waals surface area contributed by atoms with Gasteiger partial charge < -0.3 is 5.32 Å². The molecule has 0 radical (unpaired) electrons. The Morgan fingerprint density at radius 3 is 2.14 bits per heavy atom. The molecule has 0 aliphatic carbocycles. The van der Waals surface area contributed by atoms with E-state index in [0.29, 0.717) is 0 Å². The maximum Gasteiger partial charge on any atom is 0.137 e. The molecule has 2 rings (SSSR count). The van der Waals surface area contributed by atoms with Gasteiger partial charge in [0.1, 0.15) is 16.7 Å². The first kappa shape index (κ1) is 15.8. The Kier molecular flexibility index (Phi) is 4.57. The lowest BCUT2D eigenvalue weighted by atomic mass is 9.95.